The highest BCUT2D eigenvalue weighted by molar-refractivity contribution is 7.08. The molecule has 0 spiro atoms. The molecule has 3 heteroatoms. The predicted molar refractivity (Wildman–Crippen MR) is 80.4 cm³/mol. The Morgan fingerprint density at radius 2 is 1.95 bits per heavy atom. The molecule has 0 amide bonds. The monoisotopic (exact) mass is 270 g/mol. The highest BCUT2D eigenvalue weighted by Gasteiger charge is 1.94. The van der Waals surface area contributed by atoms with Crippen molar-refractivity contribution in [2.45, 2.75) is 0 Å². The molecule has 19 heavy (non-hydrogen) atoms. The van der Waals surface area contributed by atoms with Gasteiger partial charge in [-0.2, -0.15) is 11.3 Å². The third kappa shape index (κ3) is 4.23. The lowest BCUT2D eigenvalue weighted by atomic mass is 10.2. The van der Waals surface area contributed by atoms with Crippen molar-refractivity contribution < 1.29 is 9.53 Å². The Hall–Kier alpha value is -2.13. The first-order chi connectivity index (χ1) is 9.28. The minimum atomic E-state index is -0.0333. The highest BCUT2D eigenvalue weighted by atomic mass is 32.1. The van der Waals surface area contributed by atoms with Crippen LogP contribution in [0.1, 0.15) is 11.1 Å². The van der Waals surface area contributed by atoms with Crippen LogP contribution < -0.4 is 4.74 Å². The lowest BCUT2D eigenvalue weighted by Gasteiger charge is -1.99. The average molecular weight is 270 g/mol. The minimum Gasteiger partial charge on any atom is -0.497 e. The number of benzene rings is 1. The van der Waals surface area contributed by atoms with Gasteiger partial charge in [-0.3, -0.25) is 4.79 Å². The van der Waals surface area contributed by atoms with Crippen molar-refractivity contribution >= 4 is 29.3 Å². The summed E-state index contributed by atoms with van der Waals surface area (Å²) >= 11 is 1.61. The van der Waals surface area contributed by atoms with Gasteiger partial charge in [-0.1, -0.05) is 24.3 Å². The number of hydrogen-bond acceptors (Lipinski definition) is 3. The van der Waals surface area contributed by atoms with Crippen molar-refractivity contribution in [3.8, 4) is 5.75 Å². The molecule has 0 bridgehead atoms. The standard InChI is InChI=1S/C16H14O2S/c1-18-16-4-2-3-13(11-16)5-7-15(17)8-6-14-9-10-19-12-14/h2-12H,1H3/b7-5+,8-6+. The SMILES string of the molecule is COc1cccc(/C=C/C(=O)/C=C/c2ccsc2)c1. The molecule has 0 aliphatic carbocycles. The molecule has 2 aromatic rings. The maximum absolute atomic E-state index is 11.7. The molecular weight excluding hydrogens is 256 g/mol. The fraction of sp³-hybridized carbons (Fsp3) is 0.0625. The normalized spacial score (nSPS) is 11.2. The molecule has 2 nitrogen and oxygen atoms in total. The lowest BCUT2D eigenvalue weighted by molar-refractivity contribution is -0.110. The maximum atomic E-state index is 11.7. The summed E-state index contributed by atoms with van der Waals surface area (Å²) < 4.78 is 5.13. The van der Waals surface area contributed by atoms with Crippen molar-refractivity contribution in [1.82, 2.24) is 0 Å². The number of thiophene rings is 1. The first-order valence-electron chi connectivity index (χ1n) is 5.84. The lowest BCUT2D eigenvalue weighted by Crippen LogP contribution is -1.85. The van der Waals surface area contributed by atoms with Crippen LogP contribution >= 0.6 is 11.3 Å². The van der Waals surface area contributed by atoms with Crippen molar-refractivity contribution in [2.24, 2.45) is 0 Å². The summed E-state index contributed by atoms with van der Waals surface area (Å²) in [6, 6.07) is 9.54. The van der Waals surface area contributed by atoms with E-state index < -0.39 is 0 Å². The zero-order valence-corrected chi connectivity index (χ0v) is 11.4. The molecule has 0 unspecified atom stereocenters. The van der Waals surface area contributed by atoms with E-state index in [-0.39, 0.29) is 5.78 Å². The van der Waals surface area contributed by atoms with Gasteiger partial charge in [0.2, 0.25) is 0 Å². The molecule has 1 heterocycles. The van der Waals surface area contributed by atoms with Gasteiger partial charge in [0.1, 0.15) is 5.75 Å². The zero-order valence-electron chi connectivity index (χ0n) is 10.6. The van der Waals surface area contributed by atoms with E-state index in [2.05, 4.69) is 0 Å². The second kappa shape index (κ2) is 6.71. The molecule has 0 saturated carbocycles. The summed E-state index contributed by atoms with van der Waals surface area (Å²) in [6.07, 6.45) is 6.72. The molecule has 0 fully saturated rings. The molecule has 1 aromatic carbocycles. The van der Waals surface area contributed by atoms with Gasteiger partial charge in [-0.05, 0) is 52.2 Å². The van der Waals surface area contributed by atoms with E-state index in [0.717, 1.165) is 16.9 Å². The zero-order chi connectivity index (χ0) is 13.5. The topological polar surface area (TPSA) is 26.3 Å². The van der Waals surface area contributed by atoms with Gasteiger partial charge in [0.15, 0.2) is 5.78 Å². The van der Waals surface area contributed by atoms with E-state index in [1.807, 2.05) is 47.2 Å². The average Bonchev–Trinajstić information content (AvgIpc) is 2.96. The molecule has 0 saturated heterocycles. The van der Waals surface area contributed by atoms with Gasteiger partial charge in [-0.25, -0.2) is 0 Å². The second-order valence-electron chi connectivity index (χ2n) is 3.90. The second-order valence-corrected chi connectivity index (χ2v) is 4.68. The molecule has 1 aromatic heterocycles. The molecule has 0 aliphatic rings. The van der Waals surface area contributed by atoms with E-state index in [1.54, 1.807) is 36.7 Å². The van der Waals surface area contributed by atoms with Crippen molar-refractivity contribution in [3.63, 3.8) is 0 Å². The number of ether oxygens (including phenoxy) is 1. The summed E-state index contributed by atoms with van der Waals surface area (Å²) in [5.41, 5.74) is 1.99. The number of carbonyl (C=O) groups excluding carboxylic acids is 1. The first kappa shape index (κ1) is 13.3. The third-order valence-corrected chi connectivity index (χ3v) is 3.22. The summed E-state index contributed by atoms with van der Waals surface area (Å²) in [6.45, 7) is 0. The quantitative estimate of drug-likeness (QED) is 0.766. The summed E-state index contributed by atoms with van der Waals surface area (Å²) in [4.78, 5) is 11.7. The van der Waals surface area contributed by atoms with E-state index in [9.17, 15) is 4.79 Å². The molecule has 0 N–H and O–H groups in total. The number of allylic oxidation sites excluding steroid dienone is 2. The molecule has 0 atom stereocenters. The van der Waals surface area contributed by atoms with Crippen LogP contribution in [0.4, 0.5) is 0 Å². The summed E-state index contributed by atoms with van der Waals surface area (Å²) in [5, 5.41) is 3.98. The van der Waals surface area contributed by atoms with Crippen LogP contribution in [0.25, 0.3) is 12.2 Å². The van der Waals surface area contributed by atoms with Gasteiger partial charge in [0.05, 0.1) is 7.11 Å². The Bertz CT molecular complexity index is 595. The Labute approximate surface area is 116 Å². The Kier molecular flexibility index (Phi) is 4.70. The fourth-order valence-corrected chi connectivity index (χ4v) is 2.16. The minimum absolute atomic E-state index is 0.0333. The van der Waals surface area contributed by atoms with Crippen LogP contribution in [0.2, 0.25) is 0 Å². The van der Waals surface area contributed by atoms with Gasteiger partial charge in [0.25, 0.3) is 0 Å². The van der Waals surface area contributed by atoms with E-state index >= 15 is 0 Å². The van der Waals surface area contributed by atoms with Crippen molar-refractivity contribution in [2.75, 3.05) is 7.11 Å². The third-order valence-electron chi connectivity index (χ3n) is 2.52. The van der Waals surface area contributed by atoms with Crippen LogP contribution in [0.5, 0.6) is 5.75 Å². The Morgan fingerprint density at radius 3 is 2.63 bits per heavy atom. The number of methoxy groups -OCH3 is 1. The van der Waals surface area contributed by atoms with Crippen LogP contribution in [-0.2, 0) is 4.79 Å². The van der Waals surface area contributed by atoms with E-state index in [1.165, 1.54) is 0 Å². The van der Waals surface area contributed by atoms with Crippen LogP contribution in [0, 0.1) is 0 Å². The molecule has 0 radical (unpaired) electrons. The van der Waals surface area contributed by atoms with Gasteiger partial charge >= 0.3 is 0 Å². The molecule has 96 valence electrons. The van der Waals surface area contributed by atoms with Gasteiger partial charge in [0, 0.05) is 0 Å². The van der Waals surface area contributed by atoms with Gasteiger partial charge < -0.3 is 4.74 Å². The summed E-state index contributed by atoms with van der Waals surface area (Å²) in [7, 11) is 1.62. The number of ketones is 1. The number of carbonyl (C=O) groups is 1. The Morgan fingerprint density at radius 1 is 1.16 bits per heavy atom. The van der Waals surface area contributed by atoms with Crippen LogP contribution in [0.3, 0.4) is 0 Å². The van der Waals surface area contributed by atoms with Crippen molar-refractivity contribution in [3.05, 3.63) is 64.4 Å². The predicted octanol–water partition coefficient (Wildman–Crippen LogP) is 4.05. The molecule has 2 rings (SSSR count). The fourth-order valence-electron chi connectivity index (χ4n) is 1.53. The van der Waals surface area contributed by atoms with Crippen LogP contribution in [0.15, 0.2) is 53.2 Å². The van der Waals surface area contributed by atoms with Crippen LogP contribution in [-0.4, -0.2) is 12.9 Å². The van der Waals surface area contributed by atoms with Crippen molar-refractivity contribution in [1.29, 1.82) is 0 Å². The van der Waals surface area contributed by atoms with Gasteiger partial charge in [-0.15, -0.1) is 0 Å². The molecule has 0 aliphatic heterocycles. The number of hydrogen-bond donors (Lipinski definition) is 0. The van der Waals surface area contributed by atoms with E-state index in [0.29, 0.717) is 0 Å². The Balaban J connectivity index is 1.99. The summed E-state index contributed by atoms with van der Waals surface area (Å²) in [5.74, 6) is 0.748. The maximum Gasteiger partial charge on any atom is 0.178 e. The first-order valence-corrected chi connectivity index (χ1v) is 6.78. The van der Waals surface area contributed by atoms with E-state index in [4.69, 9.17) is 4.74 Å². The largest absolute Gasteiger partial charge is 0.497 e. The smallest absolute Gasteiger partial charge is 0.178 e. The highest BCUT2D eigenvalue weighted by Crippen LogP contribution is 2.13. The number of rotatable bonds is 5. The molecular formula is C16H14O2S.